The van der Waals surface area contributed by atoms with E-state index >= 15 is 0 Å². The maximum atomic E-state index is 11.0. The summed E-state index contributed by atoms with van der Waals surface area (Å²) in [6.45, 7) is 8.00. The van der Waals surface area contributed by atoms with E-state index in [1.807, 2.05) is 6.92 Å². The van der Waals surface area contributed by atoms with Crippen LogP contribution in [-0.2, 0) is 28.7 Å². The fourth-order valence-electron chi connectivity index (χ4n) is 2.41. The molecule has 2 unspecified atom stereocenters. The number of esters is 1. The van der Waals surface area contributed by atoms with Crippen molar-refractivity contribution in [1.29, 1.82) is 0 Å². The van der Waals surface area contributed by atoms with Gasteiger partial charge in [-0.15, -0.1) is 0 Å². The van der Waals surface area contributed by atoms with Gasteiger partial charge in [0.1, 0.15) is 13.0 Å². The Bertz CT molecular complexity index is 489. The lowest BCUT2D eigenvalue weighted by Gasteiger charge is -2.24. The minimum atomic E-state index is -0.970. The number of carboxylic acids is 2. The molecule has 0 bridgehead atoms. The van der Waals surface area contributed by atoms with Crippen molar-refractivity contribution >= 4 is 23.7 Å². The van der Waals surface area contributed by atoms with Crippen LogP contribution in [0.3, 0.4) is 0 Å². The van der Waals surface area contributed by atoms with Crippen LogP contribution in [0.15, 0.2) is 12.2 Å². The van der Waals surface area contributed by atoms with Gasteiger partial charge >= 0.3 is 17.9 Å². The van der Waals surface area contributed by atoms with E-state index in [2.05, 4.69) is 6.58 Å². The van der Waals surface area contributed by atoms with Crippen molar-refractivity contribution in [2.75, 3.05) is 19.8 Å². The van der Waals surface area contributed by atoms with E-state index in [1.165, 1.54) is 0 Å². The molecule has 1 fully saturated rings. The van der Waals surface area contributed by atoms with E-state index in [4.69, 9.17) is 19.7 Å². The zero-order chi connectivity index (χ0) is 20.1. The summed E-state index contributed by atoms with van der Waals surface area (Å²) in [7, 11) is 0. The lowest BCUT2D eigenvalue weighted by molar-refractivity contribution is -0.155. The standard InChI is InChI=1S/C10H16O4.C8H12O4/c1-4-13-5-6-14-10(12)7-9(11)8(2)3;9-7(10)5-3-1-2-4-6(5)8(11)12/h2,4-7H2,1,3H3;5-6H,1-4H2,(H,9,10)(H,11,12). The van der Waals surface area contributed by atoms with Gasteiger partial charge in [0.2, 0.25) is 0 Å². The van der Waals surface area contributed by atoms with E-state index < -0.39 is 29.7 Å². The zero-order valence-electron chi connectivity index (χ0n) is 15.4. The van der Waals surface area contributed by atoms with Crippen LogP contribution in [0.25, 0.3) is 0 Å². The first-order chi connectivity index (χ1) is 12.2. The minimum Gasteiger partial charge on any atom is -0.481 e. The van der Waals surface area contributed by atoms with Crippen LogP contribution in [0.4, 0.5) is 0 Å². The fourth-order valence-corrected chi connectivity index (χ4v) is 2.41. The fraction of sp³-hybridized carbons (Fsp3) is 0.667. The van der Waals surface area contributed by atoms with Gasteiger partial charge in [0, 0.05) is 6.61 Å². The Labute approximate surface area is 153 Å². The van der Waals surface area contributed by atoms with Gasteiger partial charge in [0.05, 0.1) is 18.4 Å². The summed E-state index contributed by atoms with van der Waals surface area (Å²) in [5.41, 5.74) is 0.367. The van der Waals surface area contributed by atoms with Crippen LogP contribution in [0.2, 0.25) is 0 Å². The van der Waals surface area contributed by atoms with E-state index in [1.54, 1.807) is 6.92 Å². The summed E-state index contributed by atoms with van der Waals surface area (Å²) in [5.74, 6) is -4.10. The summed E-state index contributed by atoms with van der Waals surface area (Å²) in [5, 5.41) is 17.4. The molecule has 148 valence electrons. The highest BCUT2D eigenvalue weighted by Crippen LogP contribution is 2.30. The van der Waals surface area contributed by atoms with Gasteiger partial charge in [-0.1, -0.05) is 19.4 Å². The Morgan fingerprint density at radius 3 is 1.88 bits per heavy atom. The van der Waals surface area contributed by atoms with Crippen molar-refractivity contribution in [1.82, 2.24) is 0 Å². The van der Waals surface area contributed by atoms with Crippen molar-refractivity contribution in [2.24, 2.45) is 11.8 Å². The molecule has 1 saturated carbocycles. The molecule has 26 heavy (non-hydrogen) atoms. The number of Topliss-reactive ketones (excluding diaryl/α,β-unsaturated/α-hetero) is 1. The lowest BCUT2D eigenvalue weighted by Crippen LogP contribution is -2.32. The first-order valence-corrected chi connectivity index (χ1v) is 8.58. The predicted molar refractivity (Wildman–Crippen MR) is 92.6 cm³/mol. The van der Waals surface area contributed by atoms with Crippen LogP contribution in [-0.4, -0.2) is 53.7 Å². The van der Waals surface area contributed by atoms with E-state index in [0.29, 0.717) is 31.6 Å². The number of allylic oxidation sites excluding steroid dienone is 1. The summed E-state index contributed by atoms with van der Waals surface area (Å²) < 4.78 is 9.70. The topological polar surface area (TPSA) is 127 Å². The molecule has 2 atom stereocenters. The van der Waals surface area contributed by atoms with Crippen molar-refractivity contribution < 1.29 is 38.9 Å². The summed E-state index contributed by atoms with van der Waals surface area (Å²) in [6.07, 6.45) is 2.45. The molecule has 8 heteroatoms. The lowest BCUT2D eigenvalue weighted by atomic mass is 9.79. The Balaban J connectivity index is 0.000000485. The second-order valence-electron chi connectivity index (χ2n) is 5.97. The van der Waals surface area contributed by atoms with Gasteiger partial charge in [0.15, 0.2) is 5.78 Å². The van der Waals surface area contributed by atoms with Gasteiger partial charge in [0.25, 0.3) is 0 Å². The van der Waals surface area contributed by atoms with Crippen LogP contribution in [0.1, 0.15) is 46.0 Å². The van der Waals surface area contributed by atoms with Crippen molar-refractivity contribution in [3.05, 3.63) is 12.2 Å². The Morgan fingerprint density at radius 2 is 1.50 bits per heavy atom. The molecule has 8 nitrogen and oxygen atoms in total. The number of carbonyl (C=O) groups excluding carboxylic acids is 2. The maximum Gasteiger partial charge on any atom is 0.313 e. The predicted octanol–water partition coefficient (Wildman–Crippen LogP) is 2.06. The quantitative estimate of drug-likeness (QED) is 0.272. The average Bonchev–Trinajstić information content (AvgIpc) is 2.59. The summed E-state index contributed by atoms with van der Waals surface area (Å²) in [4.78, 5) is 43.2. The van der Waals surface area contributed by atoms with Crippen molar-refractivity contribution in [3.8, 4) is 0 Å². The molecule has 1 rings (SSSR count). The maximum absolute atomic E-state index is 11.0. The normalized spacial score (nSPS) is 18.8. The third-order valence-corrected chi connectivity index (χ3v) is 3.88. The molecule has 0 spiro atoms. The zero-order valence-corrected chi connectivity index (χ0v) is 15.4. The molecular formula is C18H28O8. The van der Waals surface area contributed by atoms with E-state index in [0.717, 1.165) is 12.8 Å². The molecule has 0 heterocycles. The smallest absolute Gasteiger partial charge is 0.313 e. The first-order valence-electron chi connectivity index (χ1n) is 8.58. The number of hydrogen-bond donors (Lipinski definition) is 2. The van der Waals surface area contributed by atoms with Crippen molar-refractivity contribution in [2.45, 2.75) is 46.0 Å². The molecule has 0 saturated heterocycles. The van der Waals surface area contributed by atoms with Gasteiger partial charge in [-0.2, -0.15) is 0 Å². The van der Waals surface area contributed by atoms with E-state index in [9.17, 15) is 19.2 Å². The molecule has 1 aliphatic carbocycles. The van der Waals surface area contributed by atoms with E-state index in [-0.39, 0.29) is 18.8 Å². The van der Waals surface area contributed by atoms with Crippen LogP contribution in [0, 0.1) is 11.8 Å². The molecule has 0 aromatic rings. The number of carbonyl (C=O) groups is 4. The highest BCUT2D eigenvalue weighted by atomic mass is 16.6. The van der Waals surface area contributed by atoms with Gasteiger partial charge < -0.3 is 19.7 Å². The SMILES string of the molecule is C=C(C)C(=O)CC(=O)OCCOCC.O=C(O)C1CCCCC1C(=O)O. The number of ketones is 1. The number of rotatable bonds is 9. The molecule has 0 aliphatic heterocycles. The summed E-state index contributed by atoms with van der Waals surface area (Å²) >= 11 is 0. The van der Waals surface area contributed by atoms with Crippen LogP contribution >= 0.6 is 0 Å². The van der Waals surface area contributed by atoms with Gasteiger partial charge in [-0.3, -0.25) is 19.2 Å². The highest BCUT2D eigenvalue weighted by molar-refractivity contribution is 6.04. The molecule has 0 aromatic heterocycles. The highest BCUT2D eigenvalue weighted by Gasteiger charge is 2.35. The van der Waals surface area contributed by atoms with Crippen LogP contribution < -0.4 is 0 Å². The average molecular weight is 372 g/mol. The molecule has 0 radical (unpaired) electrons. The van der Waals surface area contributed by atoms with Crippen molar-refractivity contribution in [3.63, 3.8) is 0 Å². The first kappa shape index (κ1) is 23.8. The minimum absolute atomic E-state index is 0.191. The Morgan fingerprint density at radius 1 is 1.00 bits per heavy atom. The number of carboxylic acid groups (broad SMARTS) is 2. The van der Waals surface area contributed by atoms with Gasteiger partial charge in [-0.05, 0) is 32.3 Å². The number of ether oxygens (including phenoxy) is 2. The molecular weight excluding hydrogens is 344 g/mol. The largest absolute Gasteiger partial charge is 0.481 e. The Kier molecular flexibility index (Phi) is 11.9. The number of hydrogen-bond acceptors (Lipinski definition) is 6. The third-order valence-electron chi connectivity index (χ3n) is 3.88. The molecule has 0 amide bonds. The number of aliphatic carboxylic acids is 2. The second-order valence-corrected chi connectivity index (χ2v) is 5.97. The molecule has 2 N–H and O–H groups in total. The monoisotopic (exact) mass is 372 g/mol. The molecule has 1 aliphatic rings. The third kappa shape index (κ3) is 9.93. The molecule has 0 aromatic carbocycles. The summed E-state index contributed by atoms with van der Waals surface area (Å²) in [6, 6.07) is 0. The van der Waals surface area contributed by atoms with Gasteiger partial charge in [-0.25, -0.2) is 0 Å². The second kappa shape index (κ2) is 13.0. The Hall–Kier alpha value is -2.22. The van der Waals surface area contributed by atoms with Crippen LogP contribution in [0.5, 0.6) is 0 Å².